The molecule has 1 heterocycles. The molecule has 96 valence electrons. The van der Waals surface area contributed by atoms with E-state index < -0.39 is 0 Å². The number of aromatic nitrogens is 2. The molecule has 0 saturated carbocycles. The van der Waals surface area contributed by atoms with Crippen LogP contribution in [0.1, 0.15) is 54.9 Å². The van der Waals surface area contributed by atoms with Crippen LogP contribution in [0.2, 0.25) is 0 Å². The zero-order chi connectivity index (χ0) is 12.8. The normalized spacial score (nSPS) is 12.8. The lowest BCUT2D eigenvalue weighted by atomic mass is 10.1. The summed E-state index contributed by atoms with van der Waals surface area (Å²) in [7, 11) is 0. The van der Waals surface area contributed by atoms with Gasteiger partial charge in [0.25, 0.3) is 5.91 Å². The van der Waals surface area contributed by atoms with Crippen molar-refractivity contribution in [1.82, 2.24) is 14.9 Å². The van der Waals surface area contributed by atoms with E-state index in [1.165, 1.54) is 0 Å². The Morgan fingerprint density at radius 1 is 1.53 bits per heavy atom. The van der Waals surface area contributed by atoms with E-state index in [1.807, 2.05) is 13.8 Å². The summed E-state index contributed by atoms with van der Waals surface area (Å²) in [4.78, 5) is 12.9. The Labute approximate surface area is 114 Å². The largest absolute Gasteiger partial charge is 0.350 e. The average Bonchev–Trinajstić information content (AvgIpc) is 2.75. The smallest absolute Gasteiger partial charge is 0.264 e. The van der Waals surface area contributed by atoms with Crippen LogP contribution in [-0.2, 0) is 0 Å². The van der Waals surface area contributed by atoms with Crippen molar-refractivity contribution in [2.45, 2.75) is 44.4 Å². The Bertz CT molecular complexity index is 367. The van der Waals surface area contributed by atoms with Gasteiger partial charge in [-0.3, -0.25) is 4.79 Å². The van der Waals surface area contributed by atoms with Crippen LogP contribution >= 0.6 is 27.5 Å². The molecule has 1 rings (SSSR count). The highest BCUT2D eigenvalue weighted by Crippen LogP contribution is 2.19. The minimum atomic E-state index is -0.0655. The van der Waals surface area contributed by atoms with Gasteiger partial charge in [-0.1, -0.05) is 47.6 Å². The second-order valence-electron chi connectivity index (χ2n) is 4.24. The SMILES string of the molecule is CCCC(Br)CNC(=O)c1snnc1C(C)C. The van der Waals surface area contributed by atoms with Crippen molar-refractivity contribution < 1.29 is 4.79 Å². The summed E-state index contributed by atoms with van der Waals surface area (Å²) in [6, 6.07) is 0. The van der Waals surface area contributed by atoms with Gasteiger partial charge >= 0.3 is 0 Å². The van der Waals surface area contributed by atoms with E-state index in [0.29, 0.717) is 16.2 Å². The third kappa shape index (κ3) is 4.35. The van der Waals surface area contributed by atoms with Gasteiger partial charge in [-0.25, -0.2) is 0 Å². The first kappa shape index (κ1) is 14.6. The van der Waals surface area contributed by atoms with E-state index in [0.717, 1.165) is 30.1 Å². The highest BCUT2D eigenvalue weighted by atomic mass is 79.9. The molecular formula is C11H18BrN3OS. The lowest BCUT2D eigenvalue weighted by Gasteiger charge is -2.10. The molecule has 4 nitrogen and oxygen atoms in total. The number of carbonyl (C=O) groups excluding carboxylic acids is 1. The van der Waals surface area contributed by atoms with Gasteiger partial charge in [0.2, 0.25) is 0 Å². The molecule has 1 unspecified atom stereocenters. The number of nitrogens with one attached hydrogen (secondary N) is 1. The maximum Gasteiger partial charge on any atom is 0.264 e. The van der Waals surface area contributed by atoms with Crippen LogP contribution in [0.3, 0.4) is 0 Å². The summed E-state index contributed by atoms with van der Waals surface area (Å²) in [5.41, 5.74) is 0.786. The molecule has 0 spiro atoms. The number of hydrogen-bond donors (Lipinski definition) is 1. The Kier molecular flexibility index (Phi) is 6.05. The molecule has 1 N–H and O–H groups in total. The number of rotatable bonds is 6. The van der Waals surface area contributed by atoms with Gasteiger partial charge in [0.1, 0.15) is 4.88 Å². The predicted octanol–water partition coefficient (Wildman–Crippen LogP) is 2.95. The van der Waals surface area contributed by atoms with Crippen molar-refractivity contribution in [1.29, 1.82) is 0 Å². The Balaban J connectivity index is 2.55. The Morgan fingerprint density at radius 2 is 2.24 bits per heavy atom. The molecule has 1 amide bonds. The molecule has 17 heavy (non-hydrogen) atoms. The van der Waals surface area contributed by atoms with E-state index in [9.17, 15) is 4.79 Å². The zero-order valence-corrected chi connectivity index (χ0v) is 12.8. The molecule has 0 aliphatic heterocycles. The van der Waals surface area contributed by atoms with Gasteiger partial charge in [0.15, 0.2) is 0 Å². The summed E-state index contributed by atoms with van der Waals surface area (Å²) in [6.45, 7) is 6.79. The number of halogens is 1. The van der Waals surface area contributed by atoms with Crippen LogP contribution in [0.4, 0.5) is 0 Å². The van der Waals surface area contributed by atoms with Crippen LogP contribution in [0.25, 0.3) is 0 Å². The summed E-state index contributed by atoms with van der Waals surface area (Å²) in [5, 5.41) is 6.91. The Morgan fingerprint density at radius 3 is 2.82 bits per heavy atom. The molecular weight excluding hydrogens is 302 g/mol. The first-order chi connectivity index (χ1) is 8.06. The van der Waals surface area contributed by atoms with Crippen molar-refractivity contribution in [2.75, 3.05) is 6.54 Å². The number of amides is 1. The van der Waals surface area contributed by atoms with Crippen LogP contribution in [-0.4, -0.2) is 26.9 Å². The van der Waals surface area contributed by atoms with Crippen LogP contribution in [0, 0.1) is 0 Å². The topological polar surface area (TPSA) is 54.9 Å². The van der Waals surface area contributed by atoms with Crippen molar-refractivity contribution >= 4 is 33.4 Å². The number of carbonyl (C=O) groups is 1. The molecule has 0 aliphatic carbocycles. The highest BCUT2D eigenvalue weighted by molar-refractivity contribution is 9.09. The molecule has 0 aliphatic rings. The lowest BCUT2D eigenvalue weighted by molar-refractivity contribution is 0.0956. The molecule has 0 bridgehead atoms. The highest BCUT2D eigenvalue weighted by Gasteiger charge is 2.18. The zero-order valence-electron chi connectivity index (χ0n) is 10.4. The van der Waals surface area contributed by atoms with E-state index in [4.69, 9.17) is 0 Å². The minimum absolute atomic E-state index is 0.0655. The van der Waals surface area contributed by atoms with Gasteiger partial charge in [0.05, 0.1) is 5.69 Å². The van der Waals surface area contributed by atoms with Crippen molar-refractivity contribution in [3.63, 3.8) is 0 Å². The lowest BCUT2D eigenvalue weighted by Crippen LogP contribution is -2.29. The number of alkyl halides is 1. The van der Waals surface area contributed by atoms with Crippen LogP contribution in [0.5, 0.6) is 0 Å². The van der Waals surface area contributed by atoms with E-state index in [1.54, 1.807) is 0 Å². The fourth-order valence-corrected chi connectivity index (χ4v) is 2.79. The predicted molar refractivity (Wildman–Crippen MR) is 74.0 cm³/mol. The number of nitrogens with zero attached hydrogens (tertiary/aromatic N) is 2. The Hall–Kier alpha value is -0.490. The quantitative estimate of drug-likeness (QED) is 0.820. The number of hydrogen-bond acceptors (Lipinski definition) is 4. The first-order valence-corrected chi connectivity index (χ1v) is 7.49. The van der Waals surface area contributed by atoms with Gasteiger partial charge in [-0.05, 0) is 23.9 Å². The fraction of sp³-hybridized carbons (Fsp3) is 0.727. The summed E-state index contributed by atoms with van der Waals surface area (Å²) >= 11 is 4.70. The maximum atomic E-state index is 11.9. The molecule has 0 saturated heterocycles. The summed E-state index contributed by atoms with van der Waals surface area (Å²) < 4.78 is 3.85. The van der Waals surface area contributed by atoms with Gasteiger partial charge < -0.3 is 5.32 Å². The van der Waals surface area contributed by atoms with Gasteiger partial charge in [-0.15, -0.1) is 5.10 Å². The fourth-order valence-electron chi connectivity index (χ4n) is 1.43. The molecule has 1 aromatic heterocycles. The van der Waals surface area contributed by atoms with Crippen LogP contribution in [0.15, 0.2) is 0 Å². The van der Waals surface area contributed by atoms with E-state index >= 15 is 0 Å². The van der Waals surface area contributed by atoms with Crippen molar-refractivity contribution in [2.24, 2.45) is 0 Å². The molecule has 1 aromatic rings. The van der Waals surface area contributed by atoms with Crippen molar-refractivity contribution in [3.8, 4) is 0 Å². The minimum Gasteiger partial charge on any atom is -0.350 e. The van der Waals surface area contributed by atoms with E-state index in [-0.39, 0.29) is 11.8 Å². The third-order valence-corrected chi connectivity index (χ3v) is 3.87. The first-order valence-electron chi connectivity index (χ1n) is 5.80. The molecule has 0 aromatic carbocycles. The third-order valence-electron chi connectivity index (χ3n) is 2.35. The van der Waals surface area contributed by atoms with Crippen LogP contribution < -0.4 is 5.32 Å². The van der Waals surface area contributed by atoms with E-state index in [2.05, 4.69) is 37.8 Å². The molecule has 0 radical (unpaired) electrons. The monoisotopic (exact) mass is 319 g/mol. The molecule has 1 atom stereocenters. The summed E-state index contributed by atoms with van der Waals surface area (Å²) in [5.74, 6) is 0.161. The second kappa shape index (κ2) is 7.06. The molecule has 6 heteroatoms. The maximum absolute atomic E-state index is 11.9. The van der Waals surface area contributed by atoms with Crippen molar-refractivity contribution in [3.05, 3.63) is 10.6 Å². The van der Waals surface area contributed by atoms with Gasteiger partial charge in [0, 0.05) is 11.4 Å². The average molecular weight is 320 g/mol. The standard InChI is InChI=1S/C11H18BrN3OS/c1-4-5-8(12)6-13-11(16)10-9(7(2)3)14-15-17-10/h7-8H,4-6H2,1-3H3,(H,13,16). The summed E-state index contributed by atoms with van der Waals surface area (Å²) in [6.07, 6.45) is 2.16. The molecule has 0 fully saturated rings. The van der Waals surface area contributed by atoms with Gasteiger partial charge in [-0.2, -0.15) is 0 Å². The second-order valence-corrected chi connectivity index (χ2v) is 6.29.